The second kappa shape index (κ2) is 3.94. The summed E-state index contributed by atoms with van der Waals surface area (Å²) in [5, 5.41) is 0. The fourth-order valence-electron chi connectivity index (χ4n) is 2.32. The maximum Gasteiger partial charge on any atom is -0.0233 e. The molecule has 1 fully saturated rings. The van der Waals surface area contributed by atoms with E-state index in [1.54, 1.807) is 0 Å². The molecule has 1 saturated carbocycles. The Morgan fingerprint density at radius 2 is 2.18 bits per heavy atom. The van der Waals surface area contributed by atoms with Crippen LogP contribution < -0.4 is 0 Å². The van der Waals surface area contributed by atoms with Crippen LogP contribution in [0.25, 0.3) is 0 Å². The number of allylic oxidation sites excluding steroid dienone is 1. The molecule has 1 aliphatic rings. The lowest BCUT2D eigenvalue weighted by atomic mass is 9.74. The minimum Gasteiger partial charge on any atom is -0.103 e. The molecule has 0 bridgehead atoms. The highest BCUT2D eigenvalue weighted by molar-refractivity contribution is 4.86. The van der Waals surface area contributed by atoms with Gasteiger partial charge in [-0.05, 0) is 37.0 Å². The standard InChI is InChI=1S/C11H20/c1-4-10-6-7-11(5-2)9(3)8-10/h4,9-11H,1,5-8H2,2-3H3. The van der Waals surface area contributed by atoms with E-state index in [1.807, 2.05) is 0 Å². The third-order valence-electron chi connectivity index (χ3n) is 3.25. The molecular formula is C11H20. The van der Waals surface area contributed by atoms with Crippen LogP contribution in [-0.2, 0) is 0 Å². The van der Waals surface area contributed by atoms with Gasteiger partial charge >= 0.3 is 0 Å². The molecule has 0 amide bonds. The zero-order valence-corrected chi connectivity index (χ0v) is 7.84. The second-order valence-corrected chi connectivity index (χ2v) is 3.95. The molecule has 0 saturated heterocycles. The van der Waals surface area contributed by atoms with Gasteiger partial charge in [0.2, 0.25) is 0 Å². The van der Waals surface area contributed by atoms with E-state index in [-0.39, 0.29) is 0 Å². The highest BCUT2D eigenvalue weighted by Gasteiger charge is 2.24. The molecule has 1 rings (SSSR count). The highest BCUT2D eigenvalue weighted by atomic mass is 14.3. The summed E-state index contributed by atoms with van der Waals surface area (Å²) in [6.45, 7) is 8.58. The van der Waals surface area contributed by atoms with Crippen molar-refractivity contribution in [2.45, 2.75) is 39.5 Å². The van der Waals surface area contributed by atoms with E-state index in [4.69, 9.17) is 0 Å². The van der Waals surface area contributed by atoms with Crippen molar-refractivity contribution in [2.24, 2.45) is 17.8 Å². The number of hydrogen-bond acceptors (Lipinski definition) is 0. The summed E-state index contributed by atoms with van der Waals surface area (Å²) in [6.07, 6.45) is 7.69. The van der Waals surface area contributed by atoms with Crippen LogP contribution in [-0.4, -0.2) is 0 Å². The molecule has 0 spiro atoms. The third kappa shape index (κ3) is 2.08. The third-order valence-corrected chi connectivity index (χ3v) is 3.25. The van der Waals surface area contributed by atoms with Gasteiger partial charge in [0.05, 0.1) is 0 Å². The molecular weight excluding hydrogens is 132 g/mol. The molecule has 0 aromatic carbocycles. The predicted molar refractivity (Wildman–Crippen MR) is 50.5 cm³/mol. The largest absolute Gasteiger partial charge is 0.103 e. The van der Waals surface area contributed by atoms with E-state index in [0.717, 1.165) is 17.8 Å². The van der Waals surface area contributed by atoms with Crippen molar-refractivity contribution in [1.29, 1.82) is 0 Å². The van der Waals surface area contributed by atoms with Crippen molar-refractivity contribution in [1.82, 2.24) is 0 Å². The minimum atomic E-state index is 0.813. The van der Waals surface area contributed by atoms with Gasteiger partial charge in [-0.25, -0.2) is 0 Å². The first-order valence-electron chi connectivity index (χ1n) is 4.90. The molecule has 11 heavy (non-hydrogen) atoms. The van der Waals surface area contributed by atoms with Crippen molar-refractivity contribution in [3.05, 3.63) is 12.7 Å². The van der Waals surface area contributed by atoms with E-state index < -0.39 is 0 Å². The van der Waals surface area contributed by atoms with Crippen LogP contribution in [0.1, 0.15) is 39.5 Å². The van der Waals surface area contributed by atoms with E-state index in [0.29, 0.717) is 0 Å². The van der Waals surface area contributed by atoms with Gasteiger partial charge in [-0.3, -0.25) is 0 Å². The fraction of sp³-hybridized carbons (Fsp3) is 0.818. The van der Waals surface area contributed by atoms with Gasteiger partial charge in [-0.1, -0.05) is 26.3 Å². The molecule has 0 aromatic heterocycles. The van der Waals surface area contributed by atoms with Crippen LogP contribution in [0.5, 0.6) is 0 Å². The Morgan fingerprint density at radius 1 is 1.45 bits per heavy atom. The Bertz CT molecular complexity index is 126. The van der Waals surface area contributed by atoms with Crippen molar-refractivity contribution >= 4 is 0 Å². The first-order valence-corrected chi connectivity index (χ1v) is 4.90. The van der Waals surface area contributed by atoms with Gasteiger partial charge in [-0.15, -0.1) is 6.58 Å². The quantitative estimate of drug-likeness (QED) is 0.530. The lowest BCUT2D eigenvalue weighted by molar-refractivity contribution is 0.214. The van der Waals surface area contributed by atoms with Crippen molar-refractivity contribution < 1.29 is 0 Å². The Balaban J connectivity index is 2.40. The maximum atomic E-state index is 3.87. The molecule has 0 nitrogen and oxygen atoms in total. The first kappa shape index (κ1) is 8.83. The summed E-state index contributed by atoms with van der Waals surface area (Å²) >= 11 is 0. The average Bonchev–Trinajstić information content (AvgIpc) is 2.04. The van der Waals surface area contributed by atoms with E-state index >= 15 is 0 Å². The second-order valence-electron chi connectivity index (χ2n) is 3.95. The van der Waals surface area contributed by atoms with Gasteiger partial charge in [0, 0.05) is 0 Å². The van der Waals surface area contributed by atoms with Crippen molar-refractivity contribution in [3.8, 4) is 0 Å². The van der Waals surface area contributed by atoms with Crippen molar-refractivity contribution in [3.63, 3.8) is 0 Å². The average molecular weight is 152 g/mol. The van der Waals surface area contributed by atoms with Crippen molar-refractivity contribution in [2.75, 3.05) is 0 Å². The smallest absolute Gasteiger partial charge is 0.0233 e. The van der Waals surface area contributed by atoms with Crippen LogP contribution in [0.2, 0.25) is 0 Å². The molecule has 0 aromatic rings. The monoisotopic (exact) mass is 152 g/mol. The molecule has 3 unspecified atom stereocenters. The summed E-state index contributed by atoms with van der Waals surface area (Å²) < 4.78 is 0. The zero-order valence-electron chi connectivity index (χ0n) is 7.84. The lowest BCUT2D eigenvalue weighted by Crippen LogP contribution is -2.21. The Labute approximate surface area is 70.7 Å². The summed E-state index contributed by atoms with van der Waals surface area (Å²) in [6, 6.07) is 0. The zero-order chi connectivity index (χ0) is 8.27. The normalized spacial score (nSPS) is 38.5. The highest BCUT2D eigenvalue weighted by Crippen LogP contribution is 2.35. The molecule has 64 valence electrons. The van der Waals surface area contributed by atoms with E-state index in [1.165, 1.54) is 25.7 Å². The molecule has 0 aliphatic heterocycles. The number of rotatable bonds is 2. The van der Waals surface area contributed by atoms with E-state index in [9.17, 15) is 0 Å². The number of hydrogen-bond donors (Lipinski definition) is 0. The topological polar surface area (TPSA) is 0 Å². The van der Waals surface area contributed by atoms with Gasteiger partial charge in [0.15, 0.2) is 0 Å². The van der Waals surface area contributed by atoms with Crippen LogP contribution in [0.4, 0.5) is 0 Å². The minimum absolute atomic E-state index is 0.813. The summed E-state index contributed by atoms with van der Waals surface area (Å²) in [4.78, 5) is 0. The van der Waals surface area contributed by atoms with Crippen LogP contribution in [0.3, 0.4) is 0 Å². The van der Waals surface area contributed by atoms with E-state index in [2.05, 4.69) is 26.5 Å². The molecule has 0 heterocycles. The molecule has 0 N–H and O–H groups in total. The molecule has 1 aliphatic carbocycles. The predicted octanol–water partition coefficient (Wildman–Crippen LogP) is 3.63. The van der Waals surface area contributed by atoms with Crippen LogP contribution in [0, 0.1) is 17.8 Å². The molecule has 0 radical (unpaired) electrons. The fourth-order valence-corrected chi connectivity index (χ4v) is 2.32. The van der Waals surface area contributed by atoms with Crippen LogP contribution >= 0.6 is 0 Å². The Morgan fingerprint density at radius 3 is 2.64 bits per heavy atom. The Kier molecular flexibility index (Phi) is 3.16. The summed E-state index contributed by atoms with van der Waals surface area (Å²) in [5.41, 5.74) is 0. The van der Waals surface area contributed by atoms with Gasteiger partial charge in [-0.2, -0.15) is 0 Å². The van der Waals surface area contributed by atoms with Gasteiger partial charge in [0.25, 0.3) is 0 Å². The van der Waals surface area contributed by atoms with Gasteiger partial charge < -0.3 is 0 Å². The molecule has 0 heteroatoms. The lowest BCUT2D eigenvalue weighted by Gasteiger charge is -2.32. The summed E-state index contributed by atoms with van der Waals surface area (Å²) in [7, 11) is 0. The van der Waals surface area contributed by atoms with Crippen LogP contribution in [0.15, 0.2) is 12.7 Å². The first-order chi connectivity index (χ1) is 5.27. The maximum absolute atomic E-state index is 3.87. The molecule has 3 atom stereocenters. The Hall–Kier alpha value is -0.260. The summed E-state index contributed by atoms with van der Waals surface area (Å²) in [5.74, 6) is 2.73. The van der Waals surface area contributed by atoms with Gasteiger partial charge in [0.1, 0.15) is 0 Å². The SMILES string of the molecule is C=CC1CCC(CC)C(C)C1.